The number of hydrogen-bond donors (Lipinski definition) is 0. The van der Waals surface area contributed by atoms with Crippen LogP contribution in [0.5, 0.6) is 0 Å². The highest BCUT2D eigenvalue weighted by atomic mass is 79.9. The Bertz CT molecular complexity index is 728. The molecule has 0 aliphatic rings. The fraction of sp³-hybridized carbons (Fsp3) is 0.286. The van der Waals surface area contributed by atoms with Crippen molar-refractivity contribution in [2.45, 2.75) is 25.3 Å². The van der Waals surface area contributed by atoms with Crippen LogP contribution in [0.15, 0.2) is 43.5 Å². The van der Waals surface area contributed by atoms with Gasteiger partial charge in [-0.25, -0.2) is 8.42 Å². The third-order valence-corrected chi connectivity index (χ3v) is 7.69. The minimum atomic E-state index is -3.53. The molecule has 1 aromatic heterocycles. The van der Waals surface area contributed by atoms with Crippen LogP contribution >= 0.6 is 43.2 Å². The lowest BCUT2D eigenvalue weighted by molar-refractivity contribution is 0.426. The number of benzene rings is 1. The second-order valence-corrected chi connectivity index (χ2v) is 9.19. The van der Waals surface area contributed by atoms with Gasteiger partial charge in [-0.1, -0.05) is 28.9 Å². The zero-order chi connectivity index (χ0) is 15.6. The number of sulfonamides is 1. The molecule has 114 valence electrons. The van der Waals surface area contributed by atoms with Crippen LogP contribution in [0, 0.1) is 6.92 Å². The smallest absolute Gasteiger partial charge is 0.207 e. The van der Waals surface area contributed by atoms with Crippen LogP contribution in [0.2, 0.25) is 0 Å². The molecule has 2 rings (SSSR count). The molecule has 1 heterocycles. The SMILES string of the molecule is CCN(Cc1cccs1)S(=O)(=O)c1cc(Br)c(C)cc1Br. The summed E-state index contributed by atoms with van der Waals surface area (Å²) >= 11 is 8.33. The van der Waals surface area contributed by atoms with E-state index in [1.165, 1.54) is 4.31 Å². The van der Waals surface area contributed by atoms with Crippen molar-refractivity contribution in [1.29, 1.82) is 0 Å². The molecule has 0 saturated heterocycles. The third kappa shape index (κ3) is 3.76. The van der Waals surface area contributed by atoms with Crippen molar-refractivity contribution < 1.29 is 8.42 Å². The van der Waals surface area contributed by atoms with E-state index in [0.29, 0.717) is 22.5 Å². The van der Waals surface area contributed by atoms with E-state index in [4.69, 9.17) is 0 Å². The van der Waals surface area contributed by atoms with Gasteiger partial charge in [0.25, 0.3) is 0 Å². The summed E-state index contributed by atoms with van der Waals surface area (Å²) in [7, 11) is -3.53. The normalized spacial score (nSPS) is 12.0. The minimum absolute atomic E-state index is 0.290. The second kappa shape index (κ2) is 6.91. The highest BCUT2D eigenvalue weighted by Crippen LogP contribution is 2.31. The molecule has 7 heteroatoms. The van der Waals surface area contributed by atoms with E-state index in [0.717, 1.165) is 14.9 Å². The molecule has 0 fully saturated rings. The van der Waals surface area contributed by atoms with Gasteiger partial charge in [0.1, 0.15) is 0 Å². The van der Waals surface area contributed by atoms with Crippen molar-refractivity contribution in [1.82, 2.24) is 4.31 Å². The summed E-state index contributed by atoms with van der Waals surface area (Å²) in [6.07, 6.45) is 0. The Morgan fingerprint density at radius 2 is 1.95 bits per heavy atom. The maximum Gasteiger partial charge on any atom is 0.244 e. The van der Waals surface area contributed by atoms with E-state index >= 15 is 0 Å². The lowest BCUT2D eigenvalue weighted by atomic mass is 10.2. The Labute approximate surface area is 146 Å². The topological polar surface area (TPSA) is 37.4 Å². The van der Waals surface area contributed by atoms with Gasteiger partial charge in [-0.3, -0.25) is 0 Å². The van der Waals surface area contributed by atoms with Gasteiger partial charge >= 0.3 is 0 Å². The van der Waals surface area contributed by atoms with Crippen molar-refractivity contribution in [2.24, 2.45) is 0 Å². The minimum Gasteiger partial charge on any atom is -0.207 e. The monoisotopic (exact) mass is 451 g/mol. The Morgan fingerprint density at radius 1 is 1.24 bits per heavy atom. The molecule has 0 radical (unpaired) electrons. The quantitative estimate of drug-likeness (QED) is 0.653. The number of aryl methyl sites for hydroxylation is 1. The van der Waals surface area contributed by atoms with E-state index in [2.05, 4.69) is 31.9 Å². The van der Waals surface area contributed by atoms with Gasteiger partial charge in [0.2, 0.25) is 10.0 Å². The van der Waals surface area contributed by atoms with E-state index in [1.54, 1.807) is 17.4 Å². The fourth-order valence-electron chi connectivity index (χ4n) is 1.91. The van der Waals surface area contributed by atoms with Crippen molar-refractivity contribution in [3.63, 3.8) is 0 Å². The number of halogens is 2. The van der Waals surface area contributed by atoms with E-state index < -0.39 is 10.0 Å². The summed E-state index contributed by atoms with van der Waals surface area (Å²) in [5.41, 5.74) is 0.988. The molecule has 1 aromatic carbocycles. The predicted molar refractivity (Wildman–Crippen MR) is 94.2 cm³/mol. The maximum atomic E-state index is 12.9. The Balaban J connectivity index is 2.42. The lowest BCUT2D eigenvalue weighted by Crippen LogP contribution is -2.30. The van der Waals surface area contributed by atoms with Crippen LogP contribution in [0.25, 0.3) is 0 Å². The molecule has 0 atom stereocenters. The fourth-order valence-corrected chi connectivity index (χ4v) is 5.77. The maximum absolute atomic E-state index is 12.9. The molecule has 2 aromatic rings. The molecule has 0 aliphatic heterocycles. The van der Waals surface area contributed by atoms with E-state index in [9.17, 15) is 8.42 Å². The van der Waals surface area contributed by atoms with Crippen LogP contribution < -0.4 is 0 Å². The molecular formula is C14H15Br2NO2S2. The Morgan fingerprint density at radius 3 is 2.52 bits per heavy atom. The van der Waals surface area contributed by atoms with Gasteiger partial charge in [-0.2, -0.15) is 4.31 Å². The lowest BCUT2D eigenvalue weighted by Gasteiger charge is -2.21. The highest BCUT2D eigenvalue weighted by molar-refractivity contribution is 9.11. The first-order valence-corrected chi connectivity index (χ1v) is 10.2. The van der Waals surface area contributed by atoms with Gasteiger partial charge in [-0.05, 0) is 52.0 Å². The molecule has 0 unspecified atom stereocenters. The first-order valence-electron chi connectivity index (χ1n) is 6.34. The number of nitrogens with zero attached hydrogens (tertiary/aromatic N) is 1. The van der Waals surface area contributed by atoms with Crippen molar-refractivity contribution in [2.75, 3.05) is 6.54 Å². The molecule has 0 saturated carbocycles. The molecule has 0 spiro atoms. The summed E-state index contributed by atoms with van der Waals surface area (Å²) in [4.78, 5) is 1.32. The predicted octanol–water partition coefficient (Wildman–Crippen LogP) is 4.79. The zero-order valence-electron chi connectivity index (χ0n) is 11.6. The summed E-state index contributed by atoms with van der Waals surface area (Å²) in [5, 5.41) is 1.95. The van der Waals surface area contributed by atoms with Crippen molar-refractivity contribution in [3.05, 3.63) is 49.0 Å². The molecular weight excluding hydrogens is 438 g/mol. The highest BCUT2D eigenvalue weighted by Gasteiger charge is 2.26. The zero-order valence-corrected chi connectivity index (χ0v) is 16.4. The second-order valence-electron chi connectivity index (χ2n) is 4.54. The summed E-state index contributed by atoms with van der Waals surface area (Å²) < 4.78 is 28.6. The van der Waals surface area contributed by atoms with Gasteiger partial charge in [0.15, 0.2) is 0 Å². The average Bonchev–Trinajstić information content (AvgIpc) is 2.92. The van der Waals surface area contributed by atoms with Crippen LogP contribution in [-0.2, 0) is 16.6 Å². The largest absolute Gasteiger partial charge is 0.244 e. The Kier molecular flexibility index (Phi) is 5.65. The summed E-state index contributed by atoms with van der Waals surface area (Å²) in [5.74, 6) is 0. The first kappa shape index (κ1) is 17.1. The Hall–Kier alpha value is -0.210. The molecule has 3 nitrogen and oxygen atoms in total. The molecule has 0 bridgehead atoms. The summed E-state index contributed by atoms with van der Waals surface area (Å²) in [6, 6.07) is 7.35. The van der Waals surface area contributed by atoms with Crippen LogP contribution in [-0.4, -0.2) is 19.3 Å². The van der Waals surface area contributed by atoms with E-state index in [-0.39, 0.29) is 0 Å². The van der Waals surface area contributed by atoms with Crippen LogP contribution in [0.3, 0.4) is 0 Å². The molecule has 0 aliphatic carbocycles. The van der Waals surface area contributed by atoms with Gasteiger partial charge < -0.3 is 0 Å². The van der Waals surface area contributed by atoms with Crippen LogP contribution in [0.1, 0.15) is 17.4 Å². The van der Waals surface area contributed by atoms with Crippen molar-refractivity contribution in [3.8, 4) is 0 Å². The molecule has 0 amide bonds. The van der Waals surface area contributed by atoms with Crippen molar-refractivity contribution >= 4 is 53.2 Å². The average molecular weight is 453 g/mol. The van der Waals surface area contributed by atoms with Crippen LogP contribution in [0.4, 0.5) is 0 Å². The van der Waals surface area contributed by atoms with Gasteiger partial charge in [0, 0.05) is 26.9 Å². The van der Waals surface area contributed by atoms with Gasteiger partial charge in [-0.15, -0.1) is 11.3 Å². The number of rotatable bonds is 5. The van der Waals surface area contributed by atoms with E-state index in [1.807, 2.05) is 37.4 Å². The number of thiophene rings is 1. The summed E-state index contributed by atoms with van der Waals surface area (Å²) in [6.45, 7) is 4.60. The molecule has 21 heavy (non-hydrogen) atoms. The first-order chi connectivity index (χ1) is 9.86. The van der Waals surface area contributed by atoms with Gasteiger partial charge in [0.05, 0.1) is 4.90 Å². The standard InChI is InChI=1S/C14H15Br2NO2S2/c1-3-17(9-11-5-4-6-20-11)21(18,19)14-8-12(15)10(2)7-13(14)16/h4-8H,3,9H2,1-2H3. The number of hydrogen-bond acceptors (Lipinski definition) is 3. The third-order valence-electron chi connectivity index (χ3n) is 3.10. The molecule has 0 N–H and O–H groups in total.